The maximum atomic E-state index is 12.4. The van der Waals surface area contributed by atoms with Gasteiger partial charge in [-0.05, 0) is 17.7 Å². The Labute approximate surface area is 151 Å². The number of ketones is 1. The number of hydrogen-bond acceptors (Lipinski definition) is 6. The van der Waals surface area contributed by atoms with E-state index in [2.05, 4.69) is 15.1 Å². The minimum absolute atomic E-state index is 0.117. The van der Waals surface area contributed by atoms with E-state index < -0.39 is 5.92 Å². The Kier molecular flexibility index (Phi) is 3.93. The van der Waals surface area contributed by atoms with Crippen molar-refractivity contribution in [3.63, 3.8) is 0 Å². The molecule has 1 atom stereocenters. The summed E-state index contributed by atoms with van der Waals surface area (Å²) in [6, 6.07) is 19.3. The number of rotatable bonds is 3. The van der Waals surface area contributed by atoms with Crippen LogP contribution in [0.25, 0.3) is 0 Å². The molecule has 2 aromatic carbocycles. The van der Waals surface area contributed by atoms with Crippen LogP contribution in [-0.4, -0.2) is 21.5 Å². The summed E-state index contributed by atoms with van der Waals surface area (Å²) in [5.74, 6) is 0.416. The third-order valence-corrected chi connectivity index (χ3v) is 4.36. The van der Waals surface area contributed by atoms with Gasteiger partial charge in [0.25, 0.3) is 0 Å². The fraction of sp³-hybridized carbons (Fsp3) is 0.100. The Morgan fingerprint density at radius 2 is 1.65 bits per heavy atom. The number of hydrazone groups is 1. The Bertz CT molecular complexity index is 986. The van der Waals surface area contributed by atoms with E-state index in [0.717, 1.165) is 11.3 Å². The van der Waals surface area contributed by atoms with Crippen LogP contribution in [0.5, 0.6) is 0 Å². The van der Waals surface area contributed by atoms with Gasteiger partial charge >= 0.3 is 0 Å². The third kappa shape index (κ3) is 2.61. The van der Waals surface area contributed by atoms with Crippen molar-refractivity contribution in [2.24, 2.45) is 5.10 Å². The van der Waals surface area contributed by atoms with Crippen LogP contribution in [-0.2, 0) is 4.79 Å². The second-order valence-electron chi connectivity index (χ2n) is 6.03. The van der Waals surface area contributed by atoms with Gasteiger partial charge in [0, 0.05) is 6.92 Å². The molecule has 26 heavy (non-hydrogen) atoms. The highest BCUT2D eigenvalue weighted by Gasteiger charge is 2.36. The summed E-state index contributed by atoms with van der Waals surface area (Å²) in [6.07, 6.45) is 1.42. The Morgan fingerprint density at radius 1 is 1.00 bits per heavy atom. The molecule has 1 aromatic heterocycles. The first-order chi connectivity index (χ1) is 12.7. The Hall–Kier alpha value is -3.54. The first kappa shape index (κ1) is 16.0. The second kappa shape index (κ2) is 6.40. The van der Waals surface area contributed by atoms with E-state index in [1.165, 1.54) is 13.3 Å². The molecule has 4 rings (SSSR count). The molecule has 0 bridgehead atoms. The van der Waals surface area contributed by atoms with E-state index in [1.54, 1.807) is 5.01 Å². The number of Topliss-reactive ketones (excluding diaryl/α,β-unsaturated/α-hetero) is 1. The first-order valence-corrected chi connectivity index (χ1v) is 8.26. The van der Waals surface area contributed by atoms with Gasteiger partial charge in [0.1, 0.15) is 17.9 Å². The molecule has 6 nitrogen and oxygen atoms in total. The van der Waals surface area contributed by atoms with Gasteiger partial charge in [0.05, 0.1) is 17.2 Å². The SMILES string of the molecule is CC(=O)C1=NN(c2ccccc2)c2ncnc(N)c2C1c1ccccc1. The van der Waals surface area contributed by atoms with Crippen molar-refractivity contribution in [2.45, 2.75) is 12.8 Å². The predicted octanol–water partition coefficient (Wildman–Crippen LogP) is 3.29. The average molecular weight is 343 g/mol. The second-order valence-corrected chi connectivity index (χ2v) is 6.03. The Balaban J connectivity index is 1.99. The van der Waals surface area contributed by atoms with Crippen LogP contribution < -0.4 is 10.7 Å². The molecular formula is C20H17N5O. The van der Waals surface area contributed by atoms with Crippen molar-refractivity contribution in [1.29, 1.82) is 0 Å². The van der Waals surface area contributed by atoms with E-state index in [9.17, 15) is 4.79 Å². The zero-order valence-corrected chi connectivity index (χ0v) is 14.2. The largest absolute Gasteiger partial charge is 0.383 e. The number of aromatic nitrogens is 2. The van der Waals surface area contributed by atoms with Crippen LogP contribution >= 0.6 is 0 Å². The lowest BCUT2D eigenvalue weighted by molar-refractivity contribution is -0.111. The van der Waals surface area contributed by atoms with Crippen molar-refractivity contribution < 1.29 is 4.79 Å². The quantitative estimate of drug-likeness (QED) is 0.789. The lowest BCUT2D eigenvalue weighted by Crippen LogP contribution is -2.32. The van der Waals surface area contributed by atoms with Crippen LogP contribution in [0, 0.1) is 0 Å². The van der Waals surface area contributed by atoms with Gasteiger partial charge in [-0.25, -0.2) is 15.0 Å². The molecule has 0 saturated heterocycles. The van der Waals surface area contributed by atoms with Gasteiger partial charge in [0.15, 0.2) is 11.6 Å². The van der Waals surface area contributed by atoms with Crippen LogP contribution in [0.4, 0.5) is 17.3 Å². The number of fused-ring (bicyclic) bond motifs is 1. The van der Waals surface area contributed by atoms with E-state index in [4.69, 9.17) is 5.73 Å². The van der Waals surface area contributed by atoms with Crippen LogP contribution in [0.15, 0.2) is 72.1 Å². The molecule has 0 fully saturated rings. The van der Waals surface area contributed by atoms with Gasteiger partial charge < -0.3 is 5.73 Å². The Morgan fingerprint density at radius 3 is 2.31 bits per heavy atom. The number of nitrogens with zero attached hydrogens (tertiary/aromatic N) is 4. The smallest absolute Gasteiger partial charge is 0.176 e. The standard InChI is InChI=1S/C20H17N5O/c1-13(26)18-16(14-8-4-2-5-9-14)17-19(21)22-12-23-20(17)25(24-18)15-10-6-3-7-11-15/h2-12,16H,1H3,(H2,21,22,23). The van der Waals surface area contributed by atoms with Crippen molar-refractivity contribution in [3.05, 3.63) is 78.1 Å². The number of nitrogens with two attached hydrogens (primary N) is 1. The molecular weight excluding hydrogens is 326 g/mol. The number of anilines is 3. The predicted molar refractivity (Wildman–Crippen MR) is 101 cm³/mol. The van der Waals surface area contributed by atoms with Crippen molar-refractivity contribution >= 4 is 28.8 Å². The van der Waals surface area contributed by atoms with Gasteiger partial charge in [-0.3, -0.25) is 4.79 Å². The van der Waals surface area contributed by atoms with Gasteiger partial charge in [-0.1, -0.05) is 48.5 Å². The molecule has 1 unspecified atom stereocenters. The highest BCUT2D eigenvalue weighted by Crippen LogP contribution is 2.42. The fourth-order valence-electron chi connectivity index (χ4n) is 3.19. The highest BCUT2D eigenvalue weighted by atomic mass is 16.1. The molecule has 1 aliphatic rings. The van der Waals surface area contributed by atoms with Gasteiger partial charge in [0.2, 0.25) is 0 Å². The monoisotopic (exact) mass is 343 g/mol. The van der Waals surface area contributed by atoms with Crippen molar-refractivity contribution in [1.82, 2.24) is 9.97 Å². The van der Waals surface area contributed by atoms with E-state index >= 15 is 0 Å². The van der Waals surface area contributed by atoms with Crippen LogP contribution in [0.3, 0.4) is 0 Å². The normalized spacial score (nSPS) is 16.0. The summed E-state index contributed by atoms with van der Waals surface area (Å²) in [6.45, 7) is 1.52. The fourth-order valence-corrected chi connectivity index (χ4v) is 3.19. The van der Waals surface area contributed by atoms with E-state index in [0.29, 0.717) is 22.9 Å². The molecule has 2 heterocycles. The number of carbonyl (C=O) groups is 1. The van der Waals surface area contributed by atoms with Crippen molar-refractivity contribution in [2.75, 3.05) is 10.7 Å². The number of nitrogen functional groups attached to an aromatic ring is 1. The average Bonchev–Trinajstić information content (AvgIpc) is 2.68. The molecule has 0 aliphatic carbocycles. The highest BCUT2D eigenvalue weighted by molar-refractivity contribution is 6.42. The van der Waals surface area contributed by atoms with Crippen LogP contribution in [0.2, 0.25) is 0 Å². The number of benzene rings is 2. The number of carbonyl (C=O) groups excluding carboxylic acids is 1. The summed E-state index contributed by atoms with van der Waals surface area (Å²) in [7, 11) is 0. The summed E-state index contributed by atoms with van der Waals surface area (Å²) in [4.78, 5) is 21.0. The number of hydrogen-bond donors (Lipinski definition) is 1. The minimum atomic E-state index is -0.398. The van der Waals surface area contributed by atoms with E-state index in [1.807, 2.05) is 60.7 Å². The number of para-hydroxylation sites is 1. The molecule has 1 aliphatic heterocycles. The summed E-state index contributed by atoms with van der Waals surface area (Å²) in [5, 5.41) is 6.30. The molecule has 2 N–H and O–H groups in total. The van der Waals surface area contributed by atoms with E-state index in [-0.39, 0.29) is 5.78 Å². The topological polar surface area (TPSA) is 84.5 Å². The molecule has 6 heteroatoms. The molecule has 0 radical (unpaired) electrons. The first-order valence-electron chi connectivity index (χ1n) is 8.26. The molecule has 0 spiro atoms. The van der Waals surface area contributed by atoms with Gasteiger partial charge in [-0.2, -0.15) is 5.10 Å². The molecule has 128 valence electrons. The molecule has 0 saturated carbocycles. The summed E-state index contributed by atoms with van der Waals surface area (Å²) < 4.78 is 0. The van der Waals surface area contributed by atoms with Crippen molar-refractivity contribution in [3.8, 4) is 0 Å². The van der Waals surface area contributed by atoms with Crippen LogP contribution in [0.1, 0.15) is 24.0 Å². The molecule has 0 amide bonds. The minimum Gasteiger partial charge on any atom is -0.383 e. The maximum absolute atomic E-state index is 12.4. The third-order valence-electron chi connectivity index (χ3n) is 4.36. The zero-order valence-electron chi connectivity index (χ0n) is 14.2. The summed E-state index contributed by atoms with van der Waals surface area (Å²) >= 11 is 0. The molecule has 3 aromatic rings. The summed E-state index contributed by atoms with van der Waals surface area (Å²) in [5.41, 5.74) is 9.07. The zero-order chi connectivity index (χ0) is 18.1. The lowest BCUT2D eigenvalue weighted by atomic mass is 9.85. The lowest BCUT2D eigenvalue weighted by Gasteiger charge is -2.31. The maximum Gasteiger partial charge on any atom is 0.176 e. The van der Waals surface area contributed by atoms with Gasteiger partial charge in [-0.15, -0.1) is 0 Å².